The molecule has 2 aromatic rings. The number of anilines is 1. The first-order valence-electron chi connectivity index (χ1n) is 5.42. The van der Waals surface area contributed by atoms with Crippen LogP contribution in [0, 0.1) is 13.8 Å². The maximum atomic E-state index is 5.89. The first-order valence-corrected chi connectivity index (χ1v) is 5.42. The number of hydrogen-bond acceptors (Lipinski definition) is 2. The molecule has 0 radical (unpaired) electrons. The van der Waals surface area contributed by atoms with Crippen molar-refractivity contribution in [2.45, 2.75) is 32.7 Å². The molecule has 2 N–H and O–H groups in total. The molecule has 1 fully saturated rings. The summed E-state index contributed by atoms with van der Waals surface area (Å²) in [6.07, 6.45) is 2.57. The van der Waals surface area contributed by atoms with Gasteiger partial charge in [-0.25, -0.2) is 4.98 Å². The fourth-order valence-electron chi connectivity index (χ4n) is 2.22. The molecular formula is C12H15N3. The molecule has 15 heavy (non-hydrogen) atoms. The second-order valence-corrected chi connectivity index (χ2v) is 4.41. The topological polar surface area (TPSA) is 43.8 Å². The van der Waals surface area contributed by atoms with Crippen molar-refractivity contribution in [1.82, 2.24) is 9.55 Å². The van der Waals surface area contributed by atoms with E-state index in [-0.39, 0.29) is 0 Å². The Bertz CT molecular complexity index is 535. The number of nitrogens with two attached hydrogens (primary N) is 1. The van der Waals surface area contributed by atoms with Crippen LogP contribution in [-0.4, -0.2) is 9.55 Å². The maximum Gasteiger partial charge on any atom is 0.106 e. The number of benzene rings is 1. The lowest BCUT2D eigenvalue weighted by atomic mass is 10.1. The Morgan fingerprint density at radius 1 is 1.33 bits per heavy atom. The summed E-state index contributed by atoms with van der Waals surface area (Å²) < 4.78 is 2.35. The van der Waals surface area contributed by atoms with E-state index in [1.165, 1.54) is 18.4 Å². The second-order valence-electron chi connectivity index (χ2n) is 4.41. The number of rotatable bonds is 1. The maximum absolute atomic E-state index is 5.89. The highest BCUT2D eigenvalue weighted by atomic mass is 15.1. The number of imidazole rings is 1. The minimum absolute atomic E-state index is 0.679. The Kier molecular flexibility index (Phi) is 1.61. The molecule has 1 aromatic heterocycles. The molecule has 1 aromatic carbocycles. The molecule has 1 aliphatic carbocycles. The van der Waals surface area contributed by atoms with Crippen molar-refractivity contribution in [3.8, 4) is 0 Å². The van der Waals surface area contributed by atoms with Crippen LogP contribution in [-0.2, 0) is 0 Å². The monoisotopic (exact) mass is 201 g/mol. The molecular weight excluding hydrogens is 186 g/mol. The normalized spacial score (nSPS) is 16.1. The zero-order valence-electron chi connectivity index (χ0n) is 9.12. The number of nitrogens with zero attached hydrogens (tertiary/aromatic N) is 2. The second kappa shape index (κ2) is 2.75. The lowest BCUT2D eigenvalue weighted by Gasteiger charge is -2.05. The number of hydrogen-bond donors (Lipinski definition) is 1. The van der Waals surface area contributed by atoms with Crippen molar-refractivity contribution < 1.29 is 0 Å². The highest BCUT2D eigenvalue weighted by molar-refractivity contribution is 5.84. The van der Waals surface area contributed by atoms with E-state index in [0.29, 0.717) is 6.04 Å². The van der Waals surface area contributed by atoms with Crippen LogP contribution < -0.4 is 5.73 Å². The lowest BCUT2D eigenvalue weighted by molar-refractivity contribution is 0.734. The molecule has 1 aliphatic rings. The molecule has 0 unspecified atom stereocenters. The van der Waals surface area contributed by atoms with Crippen LogP contribution in [0.3, 0.4) is 0 Å². The molecule has 0 amide bonds. The number of aryl methyl sites for hydroxylation is 2. The molecule has 3 heteroatoms. The van der Waals surface area contributed by atoms with E-state index in [1.54, 1.807) is 0 Å². The van der Waals surface area contributed by atoms with Crippen molar-refractivity contribution >= 4 is 16.7 Å². The molecule has 0 spiro atoms. The number of fused-ring (bicyclic) bond motifs is 1. The van der Waals surface area contributed by atoms with Gasteiger partial charge in [0.1, 0.15) is 5.82 Å². The van der Waals surface area contributed by atoms with Crippen molar-refractivity contribution in [2.24, 2.45) is 0 Å². The molecule has 0 aliphatic heterocycles. The van der Waals surface area contributed by atoms with Gasteiger partial charge < -0.3 is 10.3 Å². The molecule has 0 bridgehead atoms. The van der Waals surface area contributed by atoms with Gasteiger partial charge in [0.2, 0.25) is 0 Å². The summed E-state index contributed by atoms with van der Waals surface area (Å²) in [6.45, 7) is 4.12. The van der Waals surface area contributed by atoms with Crippen LogP contribution in [0.25, 0.3) is 11.0 Å². The van der Waals surface area contributed by atoms with Crippen LogP contribution >= 0.6 is 0 Å². The van der Waals surface area contributed by atoms with Gasteiger partial charge in [0.25, 0.3) is 0 Å². The summed E-state index contributed by atoms with van der Waals surface area (Å²) in [6, 6.07) is 4.76. The van der Waals surface area contributed by atoms with E-state index in [1.807, 2.05) is 13.0 Å². The standard InChI is InChI=1S/C12H15N3/c1-7-10(13)5-6-11-12(7)14-8(2)15(11)9-3-4-9/h5-6,9H,3-4,13H2,1-2H3. The van der Waals surface area contributed by atoms with E-state index < -0.39 is 0 Å². The molecule has 1 saturated carbocycles. The fraction of sp³-hybridized carbons (Fsp3) is 0.417. The summed E-state index contributed by atoms with van der Waals surface area (Å²) in [5, 5.41) is 0. The van der Waals surface area contributed by atoms with Gasteiger partial charge in [-0.05, 0) is 44.4 Å². The Labute approximate surface area is 88.9 Å². The summed E-state index contributed by atoms with van der Waals surface area (Å²) in [5.74, 6) is 1.11. The van der Waals surface area contributed by atoms with Crippen LogP contribution in [0.1, 0.15) is 30.3 Å². The largest absolute Gasteiger partial charge is 0.398 e. The van der Waals surface area contributed by atoms with Gasteiger partial charge in [-0.3, -0.25) is 0 Å². The highest BCUT2D eigenvalue weighted by Crippen LogP contribution is 2.39. The summed E-state index contributed by atoms with van der Waals surface area (Å²) in [4.78, 5) is 4.62. The molecule has 3 nitrogen and oxygen atoms in total. The fourth-order valence-corrected chi connectivity index (χ4v) is 2.22. The smallest absolute Gasteiger partial charge is 0.106 e. The van der Waals surface area contributed by atoms with Gasteiger partial charge in [0.15, 0.2) is 0 Å². The van der Waals surface area contributed by atoms with Gasteiger partial charge in [0.05, 0.1) is 11.0 Å². The van der Waals surface area contributed by atoms with Crippen LogP contribution in [0.4, 0.5) is 5.69 Å². The first-order chi connectivity index (χ1) is 7.18. The quantitative estimate of drug-likeness (QED) is 0.721. The van der Waals surface area contributed by atoms with Gasteiger partial charge in [-0.1, -0.05) is 0 Å². The molecule has 0 saturated heterocycles. The average Bonchev–Trinajstić information content (AvgIpc) is 2.97. The third-order valence-corrected chi connectivity index (χ3v) is 3.25. The minimum Gasteiger partial charge on any atom is -0.398 e. The minimum atomic E-state index is 0.679. The highest BCUT2D eigenvalue weighted by Gasteiger charge is 2.27. The van der Waals surface area contributed by atoms with Crippen LogP contribution in [0.5, 0.6) is 0 Å². The Morgan fingerprint density at radius 3 is 2.73 bits per heavy atom. The Morgan fingerprint density at radius 2 is 2.07 bits per heavy atom. The molecule has 0 atom stereocenters. The van der Waals surface area contributed by atoms with Gasteiger partial charge in [0, 0.05) is 11.7 Å². The first kappa shape index (κ1) is 8.77. The predicted molar refractivity (Wildman–Crippen MR) is 61.9 cm³/mol. The van der Waals surface area contributed by atoms with Crippen molar-refractivity contribution in [3.63, 3.8) is 0 Å². The third kappa shape index (κ3) is 1.16. The third-order valence-electron chi connectivity index (χ3n) is 3.25. The van der Waals surface area contributed by atoms with E-state index in [4.69, 9.17) is 5.73 Å². The van der Waals surface area contributed by atoms with Crippen molar-refractivity contribution in [1.29, 1.82) is 0 Å². The summed E-state index contributed by atoms with van der Waals surface area (Å²) in [7, 11) is 0. The zero-order chi connectivity index (χ0) is 10.6. The van der Waals surface area contributed by atoms with E-state index in [9.17, 15) is 0 Å². The van der Waals surface area contributed by atoms with Crippen LogP contribution in [0.15, 0.2) is 12.1 Å². The Balaban J connectivity index is 2.37. The average molecular weight is 201 g/mol. The summed E-state index contributed by atoms with van der Waals surface area (Å²) >= 11 is 0. The SMILES string of the molecule is Cc1c(N)ccc2c1nc(C)n2C1CC1. The van der Waals surface area contributed by atoms with Crippen molar-refractivity contribution in [3.05, 3.63) is 23.5 Å². The number of nitrogen functional groups attached to an aromatic ring is 1. The van der Waals surface area contributed by atoms with Gasteiger partial charge >= 0.3 is 0 Å². The number of aromatic nitrogens is 2. The zero-order valence-corrected chi connectivity index (χ0v) is 9.12. The Hall–Kier alpha value is -1.51. The van der Waals surface area contributed by atoms with Gasteiger partial charge in [-0.2, -0.15) is 0 Å². The predicted octanol–water partition coefficient (Wildman–Crippen LogP) is 2.57. The molecule has 3 rings (SSSR count). The van der Waals surface area contributed by atoms with E-state index >= 15 is 0 Å². The van der Waals surface area contributed by atoms with Crippen molar-refractivity contribution in [2.75, 3.05) is 5.73 Å². The lowest BCUT2D eigenvalue weighted by Crippen LogP contribution is -1.96. The molecule has 78 valence electrons. The van der Waals surface area contributed by atoms with Crippen LogP contribution in [0.2, 0.25) is 0 Å². The van der Waals surface area contributed by atoms with E-state index in [2.05, 4.69) is 22.5 Å². The summed E-state index contributed by atoms with van der Waals surface area (Å²) in [5.41, 5.74) is 10.1. The van der Waals surface area contributed by atoms with Gasteiger partial charge in [-0.15, -0.1) is 0 Å². The molecule has 1 heterocycles. The van der Waals surface area contributed by atoms with E-state index in [0.717, 1.165) is 22.6 Å².